The quantitative estimate of drug-likeness (QED) is 0.738. The van der Waals surface area contributed by atoms with Gasteiger partial charge in [0.2, 0.25) is 0 Å². The van der Waals surface area contributed by atoms with Crippen molar-refractivity contribution in [1.82, 2.24) is 20.0 Å². The maximum atomic E-state index is 13.1. The standard InChI is InChI=1S/C22H27ClN4O2/c1-2-8-27-20-7-6-18(24-15-16-4-3-5-17(23)13-16)14-19(20)21(25-27)22(28)26-9-11-29-12-10-26/h2-5,13,18,24H,1,6-12,14-15H2/t18-/m0/s1. The third-order valence-corrected chi connectivity index (χ3v) is 5.87. The summed E-state index contributed by atoms with van der Waals surface area (Å²) in [5.74, 6) is 0.0165. The number of hydrogen-bond donors (Lipinski definition) is 1. The van der Waals surface area contributed by atoms with Gasteiger partial charge in [0.05, 0.1) is 19.8 Å². The molecule has 1 aliphatic heterocycles. The van der Waals surface area contributed by atoms with Crippen LogP contribution in [0.1, 0.15) is 33.7 Å². The van der Waals surface area contributed by atoms with Gasteiger partial charge in [-0.15, -0.1) is 6.58 Å². The van der Waals surface area contributed by atoms with Crippen LogP contribution in [-0.2, 0) is 30.7 Å². The number of nitrogens with one attached hydrogen (secondary N) is 1. The molecule has 7 heteroatoms. The van der Waals surface area contributed by atoms with Crippen LogP contribution in [0.15, 0.2) is 36.9 Å². The molecule has 6 nitrogen and oxygen atoms in total. The highest BCUT2D eigenvalue weighted by Crippen LogP contribution is 2.26. The molecule has 1 aromatic carbocycles. The van der Waals surface area contributed by atoms with Crippen LogP contribution in [0.2, 0.25) is 5.02 Å². The lowest BCUT2D eigenvalue weighted by Gasteiger charge is -2.28. The maximum absolute atomic E-state index is 13.1. The number of aromatic nitrogens is 2. The molecule has 29 heavy (non-hydrogen) atoms. The Kier molecular flexibility index (Phi) is 6.33. The highest BCUT2D eigenvalue weighted by atomic mass is 35.5. The van der Waals surface area contributed by atoms with Gasteiger partial charge in [-0.1, -0.05) is 29.8 Å². The number of rotatable bonds is 6. The normalized spacial score (nSPS) is 19.1. The molecule has 2 aliphatic rings. The Morgan fingerprint density at radius 1 is 1.38 bits per heavy atom. The van der Waals surface area contributed by atoms with Gasteiger partial charge in [0, 0.05) is 42.0 Å². The predicted octanol–water partition coefficient (Wildman–Crippen LogP) is 2.84. The zero-order chi connectivity index (χ0) is 20.2. The first-order valence-corrected chi connectivity index (χ1v) is 10.6. The van der Waals surface area contributed by atoms with Crippen molar-refractivity contribution in [1.29, 1.82) is 0 Å². The van der Waals surface area contributed by atoms with Gasteiger partial charge in [-0.25, -0.2) is 0 Å². The van der Waals surface area contributed by atoms with Crippen LogP contribution in [0.4, 0.5) is 0 Å². The number of carbonyl (C=O) groups excluding carboxylic acids is 1. The molecule has 1 fully saturated rings. The highest BCUT2D eigenvalue weighted by Gasteiger charge is 2.31. The minimum absolute atomic E-state index is 0.0165. The van der Waals surface area contributed by atoms with Gasteiger partial charge in [0.15, 0.2) is 5.69 Å². The van der Waals surface area contributed by atoms with Gasteiger partial charge >= 0.3 is 0 Å². The molecule has 0 saturated carbocycles. The third kappa shape index (κ3) is 4.55. The Hall–Kier alpha value is -2.15. The van der Waals surface area contributed by atoms with E-state index in [-0.39, 0.29) is 5.91 Å². The highest BCUT2D eigenvalue weighted by molar-refractivity contribution is 6.30. The molecule has 0 spiro atoms. The van der Waals surface area contributed by atoms with Gasteiger partial charge < -0.3 is 15.0 Å². The summed E-state index contributed by atoms with van der Waals surface area (Å²) in [6, 6.07) is 8.21. The fourth-order valence-corrected chi connectivity index (χ4v) is 4.35. The van der Waals surface area contributed by atoms with Crippen LogP contribution < -0.4 is 5.32 Å². The molecule has 1 saturated heterocycles. The van der Waals surface area contributed by atoms with Crippen molar-refractivity contribution in [3.8, 4) is 0 Å². The fraction of sp³-hybridized carbons (Fsp3) is 0.455. The number of halogens is 1. The van der Waals surface area contributed by atoms with Crippen LogP contribution >= 0.6 is 11.6 Å². The van der Waals surface area contributed by atoms with Crippen molar-refractivity contribution in [3.05, 3.63) is 64.5 Å². The van der Waals surface area contributed by atoms with E-state index in [9.17, 15) is 4.79 Å². The molecule has 1 aliphatic carbocycles. The van der Waals surface area contributed by atoms with Gasteiger partial charge in [0.1, 0.15) is 0 Å². The summed E-state index contributed by atoms with van der Waals surface area (Å²) in [5.41, 5.74) is 4.01. The van der Waals surface area contributed by atoms with Crippen LogP contribution in [-0.4, -0.2) is 52.9 Å². The van der Waals surface area contributed by atoms with Crippen LogP contribution in [0.25, 0.3) is 0 Å². The van der Waals surface area contributed by atoms with Crippen LogP contribution in [0, 0.1) is 0 Å². The van der Waals surface area contributed by atoms with Gasteiger partial charge in [-0.2, -0.15) is 5.10 Å². The first kappa shape index (κ1) is 20.1. The Morgan fingerprint density at radius 2 is 2.21 bits per heavy atom. The molecule has 1 atom stereocenters. The SMILES string of the molecule is C=CCn1nc(C(=O)N2CCOCC2)c2c1CC[C@H](NCc1cccc(Cl)c1)C2. The monoisotopic (exact) mass is 414 g/mol. The van der Waals surface area contributed by atoms with E-state index >= 15 is 0 Å². The number of morpholine rings is 1. The number of amides is 1. The van der Waals surface area contributed by atoms with Crippen molar-refractivity contribution < 1.29 is 9.53 Å². The van der Waals surface area contributed by atoms with Gasteiger partial charge in [-0.05, 0) is 37.0 Å². The minimum atomic E-state index is 0.0165. The second-order valence-electron chi connectivity index (χ2n) is 7.60. The number of ether oxygens (including phenoxy) is 1. The number of nitrogens with zero attached hydrogens (tertiary/aromatic N) is 3. The molecule has 4 rings (SSSR count). The van der Waals surface area contributed by atoms with Crippen molar-refractivity contribution in [2.24, 2.45) is 0 Å². The Bertz CT molecular complexity index is 889. The lowest BCUT2D eigenvalue weighted by molar-refractivity contribution is 0.0297. The molecule has 0 unspecified atom stereocenters. The van der Waals surface area contributed by atoms with E-state index in [0.717, 1.165) is 42.0 Å². The molecular formula is C22H27ClN4O2. The molecule has 0 radical (unpaired) electrons. The Labute approximate surface area is 176 Å². The van der Waals surface area contributed by atoms with Crippen LogP contribution in [0.3, 0.4) is 0 Å². The first-order chi connectivity index (χ1) is 14.2. The summed E-state index contributed by atoms with van der Waals surface area (Å²) < 4.78 is 7.34. The predicted molar refractivity (Wildman–Crippen MR) is 113 cm³/mol. The molecule has 154 valence electrons. The minimum Gasteiger partial charge on any atom is -0.378 e. The topological polar surface area (TPSA) is 59.4 Å². The summed E-state index contributed by atoms with van der Waals surface area (Å²) in [5, 5.41) is 9.07. The van der Waals surface area contributed by atoms with Gasteiger partial charge in [0.25, 0.3) is 5.91 Å². The number of fused-ring (bicyclic) bond motifs is 1. The van der Waals surface area contributed by atoms with Crippen molar-refractivity contribution in [2.75, 3.05) is 26.3 Å². The molecule has 2 heterocycles. The second-order valence-corrected chi connectivity index (χ2v) is 8.04. The van der Waals surface area contributed by atoms with E-state index in [2.05, 4.69) is 23.1 Å². The van der Waals surface area contributed by atoms with E-state index in [0.29, 0.717) is 44.6 Å². The summed E-state index contributed by atoms with van der Waals surface area (Å²) in [4.78, 5) is 15.0. The molecular weight excluding hydrogens is 388 g/mol. The lowest BCUT2D eigenvalue weighted by Crippen LogP contribution is -2.41. The number of carbonyl (C=O) groups is 1. The van der Waals surface area contributed by atoms with E-state index < -0.39 is 0 Å². The molecule has 2 aromatic rings. The third-order valence-electron chi connectivity index (χ3n) is 5.63. The fourth-order valence-electron chi connectivity index (χ4n) is 4.13. The zero-order valence-electron chi connectivity index (χ0n) is 16.6. The number of benzene rings is 1. The largest absolute Gasteiger partial charge is 0.378 e. The molecule has 1 N–H and O–H groups in total. The zero-order valence-corrected chi connectivity index (χ0v) is 17.3. The Balaban J connectivity index is 1.52. The first-order valence-electron chi connectivity index (χ1n) is 10.2. The maximum Gasteiger partial charge on any atom is 0.274 e. The summed E-state index contributed by atoms with van der Waals surface area (Å²) in [6.45, 7) is 7.64. The lowest BCUT2D eigenvalue weighted by atomic mass is 9.91. The van der Waals surface area contributed by atoms with E-state index in [1.165, 1.54) is 5.69 Å². The van der Waals surface area contributed by atoms with Gasteiger partial charge in [-0.3, -0.25) is 9.48 Å². The van der Waals surface area contributed by atoms with Crippen LogP contribution in [0.5, 0.6) is 0 Å². The van der Waals surface area contributed by atoms with E-state index in [4.69, 9.17) is 16.3 Å². The number of hydrogen-bond acceptors (Lipinski definition) is 4. The van der Waals surface area contributed by atoms with Crippen molar-refractivity contribution >= 4 is 17.5 Å². The Morgan fingerprint density at radius 3 is 2.97 bits per heavy atom. The summed E-state index contributed by atoms with van der Waals surface area (Å²) in [7, 11) is 0. The average Bonchev–Trinajstić information content (AvgIpc) is 3.10. The smallest absolute Gasteiger partial charge is 0.274 e. The number of allylic oxidation sites excluding steroid dienone is 1. The van der Waals surface area contributed by atoms with E-state index in [1.807, 2.05) is 33.9 Å². The average molecular weight is 415 g/mol. The molecule has 1 aromatic heterocycles. The van der Waals surface area contributed by atoms with Crippen molar-refractivity contribution in [2.45, 2.75) is 38.4 Å². The molecule has 0 bridgehead atoms. The summed E-state index contributed by atoms with van der Waals surface area (Å²) >= 11 is 6.10. The molecule has 1 amide bonds. The van der Waals surface area contributed by atoms with E-state index in [1.54, 1.807) is 0 Å². The summed E-state index contributed by atoms with van der Waals surface area (Å²) in [6.07, 6.45) is 4.56. The van der Waals surface area contributed by atoms with Crippen molar-refractivity contribution in [3.63, 3.8) is 0 Å². The second kappa shape index (κ2) is 9.11.